The number of nitrogens with one attached hydrogen (secondary N) is 2. The molecule has 3 rings (SSSR count). The third-order valence-corrected chi connectivity index (χ3v) is 4.23. The second-order valence-corrected chi connectivity index (χ2v) is 6.35. The van der Waals surface area contributed by atoms with E-state index in [0.717, 1.165) is 16.9 Å². The van der Waals surface area contributed by atoms with Crippen LogP contribution in [0.1, 0.15) is 28.2 Å². The Morgan fingerprint density at radius 1 is 1.20 bits per heavy atom. The van der Waals surface area contributed by atoms with Crippen LogP contribution in [0.15, 0.2) is 52.5 Å². The number of hydrogen-bond donors (Lipinski definition) is 2. The summed E-state index contributed by atoms with van der Waals surface area (Å²) in [5.41, 5.74) is 2.64. The van der Waals surface area contributed by atoms with Crippen LogP contribution in [0, 0.1) is 6.92 Å². The first-order valence-corrected chi connectivity index (χ1v) is 8.64. The van der Waals surface area contributed by atoms with Gasteiger partial charge in [0.05, 0.1) is 12.0 Å². The van der Waals surface area contributed by atoms with Crippen molar-refractivity contribution in [1.82, 2.24) is 4.98 Å². The summed E-state index contributed by atoms with van der Waals surface area (Å²) in [5.74, 6) is -0.183. The van der Waals surface area contributed by atoms with Gasteiger partial charge in [0, 0.05) is 17.5 Å². The van der Waals surface area contributed by atoms with Gasteiger partial charge in [-0.1, -0.05) is 12.1 Å². The Hall–Kier alpha value is -2.93. The maximum Gasteiger partial charge on any atom is 0.293 e. The average Bonchev–Trinajstić information content (AvgIpc) is 3.25. The van der Waals surface area contributed by atoms with Crippen LogP contribution in [-0.2, 0) is 11.2 Å². The van der Waals surface area contributed by atoms with Gasteiger partial charge in [-0.15, -0.1) is 11.3 Å². The first kappa shape index (κ1) is 16.9. The van der Waals surface area contributed by atoms with Crippen molar-refractivity contribution in [2.45, 2.75) is 19.8 Å². The molecule has 0 unspecified atom stereocenters. The largest absolute Gasteiger partial charge is 0.459 e. The highest BCUT2D eigenvalue weighted by Gasteiger charge is 2.12. The fraction of sp³-hybridized carbons (Fsp3) is 0.167. The highest BCUT2D eigenvalue weighted by atomic mass is 32.1. The molecule has 0 saturated heterocycles. The number of amides is 2. The first-order valence-electron chi connectivity index (χ1n) is 7.76. The van der Waals surface area contributed by atoms with E-state index in [0.29, 0.717) is 18.0 Å². The molecule has 0 aliphatic heterocycles. The van der Waals surface area contributed by atoms with Crippen LogP contribution in [0.4, 0.5) is 10.8 Å². The number of benzene rings is 1. The number of rotatable bonds is 6. The molecule has 2 amide bonds. The minimum Gasteiger partial charge on any atom is -0.459 e. The van der Waals surface area contributed by atoms with Crippen LogP contribution in [-0.4, -0.2) is 16.8 Å². The van der Waals surface area contributed by atoms with E-state index in [9.17, 15) is 9.59 Å². The number of aromatic nitrogens is 1. The van der Waals surface area contributed by atoms with Gasteiger partial charge in [-0.05, 0) is 43.2 Å². The topological polar surface area (TPSA) is 84.2 Å². The van der Waals surface area contributed by atoms with Crippen LogP contribution in [0.5, 0.6) is 0 Å². The van der Waals surface area contributed by atoms with Crippen molar-refractivity contribution in [2.75, 3.05) is 10.6 Å². The fourth-order valence-electron chi connectivity index (χ4n) is 2.23. The quantitative estimate of drug-likeness (QED) is 0.703. The van der Waals surface area contributed by atoms with Gasteiger partial charge in [-0.25, -0.2) is 4.98 Å². The lowest BCUT2D eigenvalue weighted by Gasteiger charge is -2.05. The molecule has 7 heteroatoms. The van der Waals surface area contributed by atoms with Gasteiger partial charge in [0.2, 0.25) is 5.91 Å². The molecule has 25 heavy (non-hydrogen) atoms. The molecule has 128 valence electrons. The van der Waals surface area contributed by atoms with Gasteiger partial charge in [0.15, 0.2) is 10.9 Å². The molecule has 0 radical (unpaired) electrons. The van der Waals surface area contributed by atoms with Gasteiger partial charge in [-0.2, -0.15) is 0 Å². The number of anilines is 2. The van der Waals surface area contributed by atoms with E-state index in [1.54, 1.807) is 12.1 Å². The zero-order valence-corrected chi connectivity index (χ0v) is 14.4. The summed E-state index contributed by atoms with van der Waals surface area (Å²) < 4.78 is 5.03. The van der Waals surface area contributed by atoms with E-state index in [1.165, 1.54) is 17.6 Å². The van der Waals surface area contributed by atoms with Gasteiger partial charge in [-0.3, -0.25) is 14.9 Å². The predicted molar refractivity (Wildman–Crippen MR) is 96.9 cm³/mol. The zero-order chi connectivity index (χ0) is 17.6. The Labute approximate surface area is 148 Å². The minimum atomic E-state index is -0.344. The monoisotopic (exact) mass is 355 g/mol. The predicted octanol–water partition coefficient (Wildman–Crippen LogP) is 3.87. The van der Waals surface area contributed by atoms with Crippen molar-refractivity contribution in [3.8, 4) is 0 Å². The maximum atomic E-state index is 12.0. The van der Waals surface area contributed by atoms with Crippen molar-refractivity contribution < 1.29 is 14.0 Å². The van der Waals surface area contributed by atoms with Gasteiger partial charge in [0.1, 0.15) is 0 Å². The summed E-state index contributed by atoms with van der Waals surface area (Å²) in [7, 11) is 0. The minimum absolute atomic E-state index is 0.0697. The molecule has 3 aromatic rings. The number of furan rings is 1. The average molecular weight is 355 g/mol. The standard InChI is InChI=1S/C18H17N3O3S/c1-12-4-2-5-13(10-12)19-16(22)8-7-14-11-25-18(20-14)21-17(23)15-6-3-9-24-15/h2-6,9-11H,7-8H2,1H3,(H,19,22)(H,20,21,23). The van der Waals surface area contributed by atoms with E-state index < -0.39 is 0 Å². The van der Waals surface area contributed by atoms with Crippen LogP contribution >= 0.6 is 11.3 Å². The number of carbonyl (C=O) groups excluding carboxylic acids is 2. The Bertz CT molecular complexity index is 871. The maximum absolute atomic E-state index is 12.0. The molecular weight excluding hydrogens is 338 g/mol. The summed E-state index contributed by atoms with van der Waals surface area (Å²) in [4.78, 5) is 28.2. The lowest BCUT2D eigenvalue weighted by molar-refractivity contribution is -0.116. The van der Waals surface area contributed by atoms with Crippen LogP contribution in [0.3, 0.4) is 0 Å². The second kappa shape index (κ2) is 7.76. The summed E-state index contributed by atoms with van der Waals surface area (Å²) in [5, 5.41) is 7.85. The van der Waals surface area contributed by atoms with Crippen molar-refractivity contribution >= 4 is 34.0 Å². The van der Waals surface area contributed by atoms with E-state index in [2.05, 4.69) is 15.6 Å². The molecule has 6 nitrogen and oxygen atoms in total. The molecule has 2 heterocycles. The third-order valence-electron chi connectivity index (χ3n) is 3.43. The van der Waals surface area contributed by atoms with E-state index >= 15 is 0 Å². The van der Waals surface area contributed by atoms with Gasteiger partial charge in [0.25, 0.3) is 5.91 Å². The summed E-state index contributed by atoms with van der Waals surface area (Å²) in [6, 6.07) is 10.9. The summed E-state index contributed by atoms with van der Waals surface area (Å²) in [6.07, 6.45) is 2.27. The Morgan fingerprint density at radius 3 is 2.84 bits per heavy atom. The summed E-state index contributed by atoms with van der Waals surface area (Å²) >= 11 is 1.32. The normalized spacial score (nSPS) is 10.4. The Morgan fingerprint density at radius 2 is 2.08 bits per heavy atom. The SMILES string of the molecule is Cc1cccc(NC(=O)CCc2csc(NC(=O)c3ccco3)n2)c1. The molecule has 2 N–H and O–H groups in total. The fourth-order valence-corrected chi connectivity index (χ4v) is 2.97. The molecule has 0 saturated carbocycles. The lowest BCUT2D eigenvalue weighted by Crippen LogP contribution is -2.13. The smallest absolute Gasteiger partial charge is 0.293 e. The molecular formula is C18H17N3O3S. The molecule has 0 bridgehead atoms. The zero-order valence-electron chi connectivity index (χ0n) is 13.6. The Balaban J connectivity index is 1.50. The highest BCUT2D eigenvalue weighted by Crippen LogP contribution is 2.18. The molecule has 0 aliphatic carbocycles. The Kier molecular flexibility index (Phi) is 5.25. The molecule has 0 aliphatic rings. The third kappa shape index (κ3) is 4.77. The van der Waals surface area contributed by atoms with Crippen molar-refractivity contribution in [1.29, 1.82) is 0 Å². The van der Waals surface area contributed by atoms with Crippen molar-refractivity contribution in [2.24, 2.45) is 0 Å². The van der Waals surface area contributed by atoms with E-state index in [1.807, 2.05) is 36.6 Å². The highest BCUT2D eigenvalue weighted by molar-refractivity contribution is 7.13. The number of carbonyl (C=O) groups is 2. The molecule has 0 fully saturated rings. The van der Waals surface area contributed by atoms with Gasteiger partial charge >= 0.3 is 0 Å². The molecule has 0 spiro atoms. The molecule has 1 aromatic carbocycles. The number of nitrogens with zero attached hydrogens (tertiary/aromatic N) is 1. The van der Waals surface area contributed by atoms with Crippen LogP contribution < -0.4 is 10.6 Å². The summed E-state index contributed by atoms with van der Waals surface area (Å²) in [6.45, 7) is 1.98. The second-order valence-electron chi connectivity index (χ2n) is 5.49. The molecule has 2 aromatic heterocycles. The number of aryl methyl sites for hydroxylation is 2. The van der Waals surface area contributed by atoms with Crippen LogP contribution in [0.25, 0.3) is 0 Å². The number of thiazole rings is 1. The van der Waals surface area contributed by atoms with E-state index in [4.69, 9.17) is 4.42 Å². The number of hydrogen-bond acceptors (Lipinski definition) is 5. The van der Waals surface area contributed by atoms with Crippen molar-refractivity contribution in [3.05, 3.63) is 65.1 Å². The van der Waals surface area contributed by atoms with Crippen LogP contribution in [0.2, 0.25) is 0 Å². The first-order chi connectivity index (χ1) is 12.1. The van der Waals surface area contributed by atoms with Gasteiger partial charge < -0.3 is 9.73 Å². The lowest BCUT2D eigenvalue weighted by atomic mass is 10.2. The van der Waals surface area contributed by atoms with Crippen molar-refractivity contribution in [3.63, 3.8) is 0 Å². The molecule has 0 atom stereocenters. The van der Waals surface area contributed by atoms with E-state index in [-0.39, 0.29) is 17.6 Å².